The first-order valence-corrected chi connectivity index (χ1v) is 6.88. The normalized spacial score (nSPS) is 22.5. The number of halogens is 1. The molecule has 16 heavy (non-hydrogen) atoms. The van der Waals surface area contributed by atoms with Crippen LogP contribution in [0.25, 0.3) is 0 Å². The molecule has 1 aliphatic heterocycles. The maximum Gasteiger partial charge on any atom is 0.0702 e. The van der Waals surface area contributed by atoms with Crippen LogP contribution in [0.2, 0.25) is 0 Å². The van der Waals surface area contributed by atoms with Gasteiger partial charge in [0.05, 0.1) is 19.3 Å². The van der Waals surface area contributed by atoms with E-state index in [2.05, 4.69) is 11.8 Å². The summed E-state index contributed by atoms with van der Waals surface area (Å²) in [6, 6.07) is 0. The third-order valence-electron chi connectivity index (χ3n) is 2.79. The fourth-order valence-corrected chi connectivity index (χ4v) is 2.10. The lowest BCUT2D eigenvalue weighted by molar-refractivity contribution is -0.00720. The predicted molar refractivity (Wildman–Crippen MR) is 67.2 cm³/mol. The quantitative estimate of drug-likeness (QED) is 0.486. The molecule has 0 saturated carbocycles. The molecule has 1 rings (SSSR count). The molecule has 0 aromatic rings. The molecule has 0 radical (unpaired) electrons. The van der Waals surface area contributed by atoms with E-state index in [1.807, 2.05) is 0 Å². The summed E-state index contributed by atoms with van der Waals surface area (Å²) < 4.78 is 11.2. The van der Waals surface area contributed by atoms with Gasteiger partial charge in [-0.15, -0.1) is 11.6 Å². The number of piperidine rings is 1. The van der Waals surface area contributed by atoms with Crippen molar-refractivity contribution in [1.29, 1.82) is 0 Å². The maximum absolute atomic E-state index is 5.79. The molecule has 0 aromatic heterocycles. The molecule has 0 N–H and O–H groups in total. The summed E-state index contributed by atoms with van der Waals surface area (Å²) in [4.78, 5) is 2.43. The SMILES string of the molecule is CCCOC1CCCN(CCOCCCl)C1. The number of nitrogens with zero attached hydrogens (tertiary/aromatic N) is 1. The van der Waals surface area contributed by atoms with E-state index in [0.29, 0.717) is 18.6 Å². The van der Waals surface area contributed by atoms with Crippen LogP contribution in [0.3, 0.4) is 0 Å². The monoisotopic (exact) mass is 249 g/mol. The van der Waals surface area contributed by atoms with E-state index in [4.69, 9.17) is 21.1 Å². The van der Waals surface area contributed by atoms with Crippen molar-refractivity contribution in [2.75, 3.05) is 45.3 Å². The third-order valence-corrected chi connectivity index (χ3v) is 2.95. The number of rotatable bonds is 8. The van der Waals surface area contributed by atoms with E-state index < -0.39 is 0 Å². The Hall–Kier alpha value is 0.170. The highest BCUT2D eigenvalue weighted by Gasteiger charge is 2.19. The summed E-state index contributed by atoms with van der Waals surface area (Å²) in [5.41, 5.74) is 0. The number of hydrogen-bond donors (Lipinski definition) is 0. The Balaban J connectivity index is 2.07. The van der Waals surface area contributed by atoms with E-state index in [9.17, 15) is 0 Å². The minimum Gasteiger partial charge on any atom is -0.379 e. The minimum absolute atomic E-state index is 0.432. The Bertz CT molecular complexity index is 169. The molecule has 0 amide bonds. The molecule has 1 atom stereocenters. The van der Waals surface area contributed by atoms with E-state index >= 15 is 0 Å². The smallest absolute Gasteiger partial charge is 0.0702 e. The maximum atomic E-state index is 5.79. The van der Waals surface area contributed by atoms with Gasteiger partial charge in [-0.05, 0) is 25.8 Å². The molecule has 0 aromatic carbocycles. The van der Waals surface area contributed by atoms with Crippen LogP contribution >= 0.6 is 11.6 Å². The lowest BCUT2D eigenvalue weighted by atomic mass is 10.1. The Morgan fingerprint density at radius 1 is 1.31 bits per heavy atom. The van der Waals surface area contributed by atoms with Crippen LogP contribution in [0, 0.1) is 0 Å². The van der Waals surface area contributed by atoms with Gasteiger partial charge < -0.3 is 9.47 Å². The van der Waals surface area contributed by atoms with Gasteiger partial charge >= 0.3 is 0 Å². The summed E-state index contributed by atoms with van der Waals surface area (Å²) in [5, 5.41) is 0. The van der Waals surface area contributed by atoms with Crippen LogP contribution in [-0.2, 0) is 9.47 Å². The number of hydrogen-bond acceptors (Lipinski definition) is 3. The van der Waals surface area contributed by atoms with Crippen LogP contribution in [0.4, 0.5) is 0 Å². The average molecular weight is 250 g/mol. The summed E-state index contributed by atoms with van der Waals surface area (Å²) in [7, 11) is 0. The van der Waals surface area contributed by atoms with Crippen molar-refractivity contribution in [2.45, 2.75) is 32.3 Å². The second-order valence-electron chi connectivity index (χ2n) is 4.24. The minimum atomic E-state index is 0.432. The molecular formula is C12H24ClNO2. The molecule has 1 unspecified atom stereocenters. The van der Waals surface area contributed by atoms with Crippen molar-refractivity contribution in [3.8, 4) is 0 Å². The van der Waals surface area contributed by atoms with E-state index in [1.54, 1.807) is 0 Å². The van der Waals surface area contributed by atoms with Crippen LogP contribution < -0.4 is 0 Å². The van der Waals surface area contributed by atoms with Crippen molar-refractivity contribution >= 4 is 11.6 Å². The highest BCUT2D eigenvalue weighted by molar-refractivity contribution is 6.17. The van der Waals surface area contributed by atoms with Crippen molar-refractivity contribution in [3.63, 3.8) is 0 Å². The molecule has 1 fully saturated rings. The zero-order valence-electron chi connectivity index (χ0n) is 10.3. The van der Waals surface area contributed by atoms with Crippen molar-refractivity contribution < 1.29 is 9.47 Å². The van der Waals surface area contributed by atoms with Crippen LogP contribution in [0.15, 0.2) is 0 Å². The number of likely N-dealkylation sites (tertiary alicyclic amines) is 1. The molecule has 3 nitrogen and oxygen atoms in total. The second-order valence-corrected chi connectivity index (χ2v) is 4.61. The van der Waals surface area contributed by atoms with E-state index in [0.717, 1.165) is 32.7 Å². The highest BCUT2D eigenvalue weighted by Crippen LogP contribution is 2.13. The van der Waals surface area contributed by atoms with Crippen molar-refractivity contribution in [3.05, 3.63) is 0 Å². The zero-order valence-corrected chi connectivity index (χ0v) is 11.0. The van der Waals surface area contributed by atoms with Crippen LogP contribution in [-0.4, -0.2) is 56.3 Å². The number of alkyl halides is 1. The zero-order chi connectivity index (χ0) is 11.6. The average Bonchev–Trinajstić information content (AvgIpc) is 2.33. The molecule has 4 heteroatoms. The fourth-order valence-electron chi connectivity index (χ4n) is 1.99. The van der Waals surface area contributed by atoms with Crippen LogP contribution in [0.5, 0.6) is 0 Å². The summed E-state index contributed by atoms with van der Waals surface area (Å²) in [6.45, 7) is 7.73. The third kappa shape index (κ3) is 6.04. The van der Waals surface area contributed by atoms with Gasteiger partial charge in [0.15, 0.2) is 0 Å². The lowest BCUT2D eigenvalue weighted by Gasteiger charge is -2.32. The van der Waals surface area contributed by atoms with Gasteiger partial charge in [0, 0.05) is 25.6 Å². The highest BCUT2D eigenvalue weighted by atomic mass is 35.5. The molecule has 0 spiro atoms. The molecule has 0 bridgehead atoms. The first kappa shape index (κ1) is 14.2. The standard InChI is InChI=1S/C12H24ClNO2/c1-2-8-16-12-4-3-6-14(11-12)7-10-15-9-5-13/h12H,2-11H2,1H3. The van der Waals surface area contributed by atoms with Gasteiger partial charge in [0.1, 0.15) is 0 Å². The van der Waals surface area contributed by atoms with Gasteiger partial charge in [-0.1, -0.05) is 6.92 Å². The molecule has 96 valence electrons. The Morgan fingerprint density at radius 2 is 2.19 bits per heavy atom. The lowest BCUT2D eigenvalue weighted by Crippen LogP contribution is -2.41. The molecule has 1 aliphatic rings. The van der Waals surface area contributed by atoms with Crippen molar-refractivity contribution in [2.24, 2.45) is 0 Å². The van der Waals surface area contributed by atoms with Gasteiger partial charge in [0.25, 0.3) is 0 Å². The predicted octanol–water partition coefficient (Wildman–Crippen LogP) is 2.13. The second kappa shape index (κ2) is 9.23. The van der Waals surface area contributed by atoms with Gasteiger partial charge in [-0.2, -0.15) is 0 Å². The van der Waals surface area contributed by atoms with Gasteiger partial charge in [-0.3, -0.25) is 4.90 Å². The number of ether oxygens (including phenoxy) is 2. The molecular weight excluding hydrogens is 226 g/mol. The first-order chi connectivity index (χ1) is 7.86. The van der Waals surface area contributed by atoms with E-state index in [-0.39, 0.29) is 0 Å². The molecule has 1 heterocycles. The topological polar surface area (TPSA) is 21.7 Å². The Morgan fingerprint density at radius 3 is 2.94 bits per heavy atom. The summed E-state index contributed by atoms with van der Waals surface area (Å²) in [5.74, 6) is 0.586. The van der Waals surface area contributed by atoms with E-state index in [1.165, 1.54) is 19.4 Å². The van der Waals surface area contributed by atoms with Gasteiger partial charge in [-0.25, -0.2) is 0 Å². The summed E-state index contributed by atoms with van der Waals surface area (Å²) in [6.07, 6.45) is 3.99. The Labute approximate surface area is 104 Å². The van der Waals surface area contributed by atoms with Gasteiger partial charge in [0.2, 0.25) is 0 Å². The van der Waals surface area contributed by atoms with Crippen LogP contribution in [0.1, 0.15) is 26.2 Å². The first-order valence-electron chi connectivity index (χ1n) is 6.34. The molecule has 1 saturated heterocycles. The molecule has 0 aliphatic carbocycles. The largest absolute Gasteiger partial charge is 0.379 e. The fraction of sp³-hybridized carbons (Fsp3) is 1.00. The van der Waals surface area contributed by atoms with Crippen molar-refractivity contribution in [1.82, 2.24) is 4.90 Å². The Kier molecular flexibility index (Phi) is 8.21. The summed E-state index contributed by atoms with van der Waals surface area (Å²) >= 11 is 5.54.